The number of piperidine rings is 1. The summed E-state index contributed by atoms with van der Waals surface area (Å²) >= 11 is 0. The van der Waals surface area contributed by atoms with Crippen LogP contribution in [-0.4, -0.2) is 49.1 Å². The van der Waals surface area contributed by atoms with Crippen molar-refractivity contribution < 1.29 is 9.53 Å². The predicted octanol–water partition coefficient (Wildman–Crippen LogP) is 1.55. The fourth-order valence-electron chi connectivity index (χ4n) is 2.63. The lowest BCUT2D eigenvalue weighted by atomic mass is 9.99. The van der Waals surface area contributed by atoms with Crippen LogP contribution in [0, 0.1) is 5.92 Å². The second kappa shape index (κ2) is 7.24. The number of carbonyl (C=O) groups excluding carboxylic acids is 1. The molecule has 2 heterocycles. The van der Waals surface area contributed by atoms with E-state index in [-0.39, 0.29) is 5.91 Å². The highest BCUT2D eigenvalue weighted by Gasteiger charge is 2.23. The van der Waals surface area contributed by atoms with Crippen LogP contribution in [0.25, 0.3) is 0 Å². The molecule has 110 valence electrons. The van der Waals surface area contributed by atoms with Crippen LogP contribution in [0.2, 0.25) is 0 Å². The number of rotatable bonds is 5. The number of pyridine rings is 1. The molecule has 0 saturated carbocycles. The molecule has 1 fully saturated rings. The van der Waals surface area contributed by atoms with Crippen molar-refractivity contribution in [3.8, 4) is 5.88 Å². The van der Waals surface area contributed by atoms with Crippen LogP contribution in [0.4, 0.5) is 0 Å². The number of amides is 1. The zero-order valence-electron chi connectivity index (χ0n) is 12.3. The van der Waals surface area contributed by atoms with Gasteiger partial charge in [-0.1, -0.05) is 0 Å². The van der Waals surface area contributed by atoms with E-state index in [9.17, 15) is 4.79 Å². The summed E-state index contributed by atoms with van der Waals surface area (Å²) in [7, 11) is 1.54. The highest BCUT2D eigenvalue weighted by Crippen LogP contribution is 2.18. The lowest BCUT2D eigenvalue weighted by Crippen LogP contribution is -2.41. The van der Waals surface area contributed by atoms with Crippen molar-refractivity contribution in [1.29, 1.82) is 0 Å². The SMILES string of the molecule is CCN(CC1CCCNC1)C(=O)c1cccnc1OC. The lowest BCUT2D eigenvalue weighted by molar-refractivity contribution is 0.0725. The molecule has 1 amide bonds. The van der Waals surface area contributed by atoms with Gasteiger partial charge in [0.2, 0.25) is 5.88 Å². The quantitative estimate of drug-likeness (QED) is 0.887. The number of nitrogens with one attached hydrogen (secondary N) is 1. The van der Waals surface area contributed by atoms with E-state index in [1.54, 1.807) is 25.4 Å². The molecule has 0 radical (unpaired) electrons. The zero-order valence-corrected chi connectivity index (χ0v) is 12.3. The van der Waals surface area contributed by atoms with Crippen molar-refractivity contribution in [2.24, 2.45) is 5.92 Å². The number of methoxy groups -OCH3 is 1. The molecular formula is C15H23N3O2. The maximum absolute atomic E-state index is 12.6. The van der Waals surface area contributed by atoms with E-state index in [0.29, 0.717) is 23.9 Å². The molecule has 1 aromatic rings. The molecule has 5 nitrogen and oxygen atoms in total. The summed E-state index contributed by atoms with van der Waals surface area (Å²) < 4.78 is 5.18. The molecule has 0 aromatic carbocycles. The number of aromatic nitrogens is 1. The van der Waals surface area contributed by atoms with Crippen molar-refractivity contribution >= 4 is 5.91 Å². The molecule has 1 unspecified atom stereocenters. The maximum Gasteiger partial charge on any atom is 0.259 e. The largest absolute Gasteiger partial charge is 0.480 e. The fraction of sp³-hybridized carbons (Fsp3) is 0.600. The molecule has 1 aliphatic rings. The number of ether oxygens (including phenoxy) is 1. The first-order valence-corrected chi connectivity index (χ1v) is 7.25. The van der Waals surface area contributed by atoms with Gasteiger partial charge in [0.05, 0.1) is 7.11 Å². The van der Waals surface area contributed by atoms with E-state index in [1.165, 1.54) is 12.8 Å². The molecule has 2 rings (SSSR count). The Labute approximate surface area is 120 Å². The molecule has 0 spiro atoms. The van der Waals surface area contributed by atoms with Gasteiger partial charge >= 0.3 is 0 Å². The molecule has 5 heteroatoms. The Bertz CT molecular complexity index is 444. The van der Waals surface area contributed by atoms with Crippen molar-refractivity contribution in [3.63, 3.8) is 0 Å². The van der Waals surface area contributed by atoms with Gasteiger partial charge in [-0.25, -0.2) is 4.98 Å². The second-order valence-corrected chi connectivity index (χ2v) is 5.12. The van der Waals surface area contributed by atoms with E-state index < -0.39 is 0 Å². The fourth-order valence-corrected chi connectivity index (χ4v) is 2.63. The molecule has 1 aromatic heterocycles. The van der Waals surface area contributed by atoms with Gasteiger partial charge in [-0.3, -0.25) is 4.79 Å². The van der Waals surface area contributed by atoms with Gasteiger partial charge in [-0.15, -0.1) is 0 Å². The summed E-state index contributed by atoms with van der Waals surface area (Å²) in [5.74, 6) is 0.941. The molecular weight excluding hydrogens is 254 g/mol. The van der Waals surface area contributed by atoms with Crippen LogP contribution in [-0.2, 0) is 0 Å². The number of carbonyl (C=O) groups is 1. The molecule has 0 bridgehead atoms. The Kier molecular flexibility index (Phi) is 5.35. The molecule has 1 N–H and O–H groups in total. The molecule has 1 aliphatic heterocycles. The van der Waals surface area contributed by atoms with Crippen LogP contribution in [0.1, 0.15) is 30.1 Å². The predicted molar refractivity (Wildman–Crippen MR) is 78.0 cm³/mol. The van der Waals surface area contributed by atoms with Crippen molar-refractivity contribution in [2.45, 2.75) is 19.8 Å². The molecule has 1 saturated heterocycles. The highest BCUT2D eigenvalue weighted by atomic mass is 16.5. The summed E-state index contributed by atoms with van der Waals surface area (Å²) in [6.45, 7) is 5.59. The monoisotopic (exact) mass is 277 g/mol. The van der Waals surface area contributed by atoms with Crippen LogP contribution >= 0.6 is 0 Å². The summed E-state index contributed by atoms with van der Waals surface area (Å²) in [6.07, 6.45) is 4.00. The van der Waals surface area contributed by atoms with Crippen LogP contribution in [0.15, 0.2) is 18.3 Å². The first kappa shape index (κ1) is 14.8. The first-order chi connectivity index (χ1) is 9.76. The Hall–Kier alpha value is -1.62. The van der Waals surface area contributed by atoms with Gasteiger partial charge in [0, 0.05) is 19.3 Å². The average molecular weight is 277 g/mol. The van der Waals surface area contributed by atoms with Crippen LogP contribution in [0.5, 0.6) is 5.88 Å². The molecule has 1 atom stereocenters. The third-order valence-electron chi connectivity index (χ3n) is 3.74. The second-order valence-electron chi connectivity index (χ2n) is 5.12. The van der Waals surface area contributed by atoms with E-state index >= 15 is 0 Å². The Balaban J connectivity index is 2.07. The first-order valence-electron chi connectivity index (χ1n) is 7.25. The van der Waals surface area contributed by atoms with Gasteiger partial charge in [0.1, 0.15) is 5.56 Å². The van der Waals surface area contributed by atoms with Gasteiger partial charge in [-0.05, 0) is 50.9 Å². The molecule has 20 heavy (non-hydrogen) atoms. The van der Waals surface area contributed by atoms with Gasteiger partial charge in [0.25, 0.3) is 5.91 Å². The zero-order chi connectivity index (χ0) is 14.4. The minimum Gasteiger partial charge on any atom is -0.480 e. The standard InChI is InChI=1S/C15H23N3O2/c1-3-18(11-12-6-4-8-16-10-12)15(19)13-7-5-9-17-14(13)20-2/h5,7,9,12,16H,3-4,6,8,10-11H2,1-2H3. The van der Waals surface area contributed by atoms with Crippen LogP contribution in [0.3, 0.4) is 0 Å². The van der Waals surface area contributed by atoms with Gasteiger partial charge < -0.3 is 15.0 Å². The maximum atomic E-state index is 12.6. The molecule has 0 aliphatic carbocycles. The summed E-state index contributed by atoms with van der Waals surface area (Å²) in [5.41, 5.74) is 0.542. The highest BCUT2D eigenvalue weighted by molar-refractivity contribution is 5.96. The third-order valence-corrected chi connectivity index (χ3v) is 3.74. The number of nitrogens with zero attached hydrogens (tertiary/aromatic N) is 2. The normalized spacial score (nSPS) is 18.6. The smallest absolute Gasteiger partial charge is 0.259 e. The lowest BCUT2D eigenvalue weighted by Gasteiger charge is -2.29. The van der Waals surface area contributed by atoms with Crippen molar-refractivity contribution in [1.82, 2.24) is 15.2 Å². The average Bonchev–Trinajstić information content (AvgIpc) is 2.53. The number of hydrogen-bond donors (Lipinski definition) is 1. The van der Waals surface area contributed by atoms with Crippen molar-refractivity contribution in [3.05, 3.63) is 23.9 Å². The topological polar surface area (TPSA) is 54.5 Å². The Morgan fingerprint density at radius 1 is 1.60 bits per heavy atom. The van der Waals surface area contributed by atoms with E-state index in [1.807, 2.05) is 11.8 Å². The Morgan fingerprint density at radius 2 is 2.45 bits per heavy atom. The summed E-state index contributed by atoms with van der Waals surface area (Å²) in [5, 5.41) is 3.39. The minimum absolute atomic E-state index is 0.00280. The summed E-state index contributed by atoms with van der Waals surface area (Å²) in [6, 6.07) is 3.54. The Morgan fingerprint density at radius 3 is 3.10 bits per heavy atom. The third kappa shape index (κ3) is 3.48. The van der Waals surface area contributed by atoms with Gasteiger partial charge in [-0.2, -0.15) is 0 Å². The summed E-state index contributed by atoms with van der Waals surface area (Å²) in [4.78, 5) is 18.6. The van der Waals surface area contributed by atoms with E-state index in [0.717, 1.165) is 19.6 Å². The number of hydrogen-bond acceptors (Lipinski definition) is 4. The van der Waals surface area contributed by atoms with Crippen LogP contribution < -0.4 is 10.1 Å². The van der Waals surface area contributed by atoms with E-state index in [4.69, 9.17) is 4.74 Å². The minimum atomic E-state index is 0.00280. The van der Waals surface area contributed by atoms with Gasteiger partial charge in [0.15, 0.2) is 0 Å². The van der Waals surface area contributed by atoms with Crippen molar-refractivity contribution in [2.75, 3.05) is 33.3 Å². The van der Waals surface area contributed by atoms with E-state index in [2.05, 4.69) is 10.3 Å².